The van der Waals surface area contributed by atoms with Gasteiger partial charge in [-0.3, -0.25) is 4.79 Å². The highest BCUT2D eigenvalue weighted by Crippen LogP contribution is 2.19. The van der Waals surface area contributed by atoms with Gasteiger partial charge < -0.3 is 16.8 Å². The normalized spacial score (nSPS) is 15.8. The lowest BCUT2D eigenvalue weighted by molar-refractivity contribution is 0.0928. The Kier molecular flexibility index (Phi) is 5.28. The maximum Gasteiger partial charge on any atom is 0.251 e. The number of nitrogen functional groups attached to an aromatic ring is 2. The molecule has 1 aromatic carbocycles. The summed E-state index contributed by atoms with van der Waals surface area (Å²) in [5, 5.41) is 3.05. The largest absolute Gasteiger partial charge is 0.397 e. The van der Waals surface area contributed by atoms with Gasteiger partial charge in [0.25, 0.3) is 5.91 Å². The molecule has 0 unspecified atom stereocenters. The van der Waals surface area contributed by atoms with Gasteiger partial charge in [-0.25, -0.2) is 0 Å². The number of halogens is 1. The molecule has 5 heteroatoms. The summed E-state index contributed by atoms with van der Waals surface area (Å²) in [6.45, 7) is 0. The predicted molar refractivity (Wildman–Crippen MR) is 76.9 cm³/mol. The lowest BCUT2D eigenvalue weighted by atomic mass is 9.95. The Labute approximate surface area is 114 Å². The Morgan fingerprint density at radius 3 is 2.39 bits per heavy atom. The van der Waals surface area contributed by atoms with Crippen molar-refractivity contribution in [3.05, 3.63) is 23.8 Å². The first-order chi connectivity index (χ1) is 8.16. The number of rotatable bonds is 2. The summed E-state index contributed by atoms with van der Waals surface area (Å²) >= 11 is 0. The third-order valence-corrected chi connectivity index (χ3v) is 3.29. The second-order valence-electron chi connectivity index (χ2n) is 4.65. The molecule has 0 radical (unpaired) electrons. The van der Waals surface area contributed by atoms with Crippen LogP contribution in [0.5, 0.6) is 0 Å². The molecule has 1 amide bonds. The summed E-state index contributed by atoms with van der Waals surface area (Å²) in [4.78, 5) is 12.0. The van der Waals surface area contributed by atoms with Crippen LogP contribution in [0.3, 0.4) is 0 Å². The lowest BCUT2D eigenvalue weighted by Gasteiger charge is -2.22. The second kappa shape index (κ2) is 6.50. The van der Waals surface area contributed by atoms with Crippen molar-refractivity contribution in [1.82, 2.24) is 5.32 Å². The van der Waals surface area contributed by atoms with Crippen LogP contribution in [0, 0.1) is 0 Å². The summed E-state index contributed by atoms with van der Waals surface area (Å²) in [6, 6.07) is 5.33. The molecular formula is C13H20ClN3O. The number of anilines is 2. The number of benzene rings is 1. The standard InChI is InChI=1S/C13H19N3O.ClH/c14-11-7-6-9(8-12(11)15)13(17)16-10-4-2-1-3-5-10;/h6-8,10H,1-5,14-15H2,(H,16,17);1H. The molecule has 1 saturated carbocycles. The van der Waals surface area contributed by atoms with Crippen LogP contribution in [-0.4, -0.2) is 11.9 Å². The highest BCUT2D eigenvalue weighted by atomic mass is 35.5. The number of amides is 1. The number of carbonyl (C=O) groups is 1. The van der Waals surface area contributed by atoms with Crippen LogP contribution in [0.1, 0.15) is 42.5 Å². The summed E-state index contributed by atoms with van der Waals surface area (Å²) < 4.78 is 0. The van der Waals surface area contributed by atoms with Gasteiger partial charge in [-0.2, -0.15) is 0 Å². The Bertz CT molecular complexity index is 417. The topological polar surface area (TPSA) is 81.1 Å². The average molecular weight is 270 g/mol. The molecule has 1 aliphatic carbocycles. The van der Waals surface area contributed by atoms with E-state index in [0.717, 1.165) is 12.8 Å². The molecule has 0 atom stereocenters. The quantitative estimate of drug-likeness (QED) is 0.721. The number of nitrogens with one attached hydrogen (secondary N) is 1. The Hall–Kier alpha value is -1.42. The minimum Gasteiger partial charge on any atom is -0.397 e. The van der Waals surface area contributed by atoms with Crippen LogP contribution < -0.4 is 16.8 Å². The van der Waals surface area contributed by atoms with Crippen molar-refractivity contribution >= 4 is 29.7 Å². The van der Waals surface area contributed by atoms with E-state index in [-0.39, 0.29) is 18.3 Å². The van der Waals surface area contributed by atoms with Crippen LogP contribution >= 0.6 is 12.4 Å². The first kappa shape index (κ1) is 14.6. The maximum absolute atomic E-state index is 12.0. The number of hydrogen-bond donors (Lipinski definition) is 3. The van der Waals surface area contributed by atoms with Gasteiger partial charge in [0.2, 0.25) is 0 Å². The molecular weight excluding hydrogens is 250 g/mol. The Morgan fingerprint density at radius 2 is 1.78 bits per heavy atom. The minimum atomic E-state index is -0.0522. The summed E-state index contributed by atoms with van der Waals surface area (Å²) in [6.07, 6.45) is 5.84. The van der Waals surface area contributed by atoms with E-state index in [2.05, 4.69) is 5.32 Å². The minimum absolute atomic E-state index is 0. The zero-order valence-electron chi connectivity index (χ0n) is 10.3. The Balaban J connectivity index is 0.00000162. The summed E-state index contributed by atoms with van der Waals surface area (Å²) in [7, 11) is 0. The van der Waals surface area contributed by atoms with Crippen molar-refractivity contribution in [3.63, 3.8) is 0 Å². The zero-order chi connectivity index (χ0) is 12.3. The SMILES string of the molecule is Cl.Nc1ccc(C(=O)NC2CCCCC2)cc1N. The van der Waals surface area contributed by atoms with Crippen LogP contribution in [0.4, 0.5) is 11.4 Å². The van der Waals surface area contributed by atoms with Gasteiger partial charge >= 0.3 is 0 Å². The molecule has 5 N–H and O–H groups in total. The molecule has 1 aliphatic rings. The highest BCUT2D eigenvalue weighted by molar-refractivity contribution is 5.96. The van der Waals surface area contributed by atoms with Gasteiger partial charge in [0.15, 0.2) is 0 Å². The predicted octanol–water partition coefficient (Wildman–Crippen LogP) is 2.34. The van der Waals surface area contributed by atoms with Crippen molar-refractivity contribution in [1.29, 1.82) is 0 Å². The molecule has 0 spiro atoms. The summed E-state index contributed by atoms with van der Waals surface area (Å²) in [5.74, 6) is -0.0522. The number of nitrogens with two attached hydrogens (primary N) is 2. The fraction of sp³-hybridized carbons (Fsp3) is 0.462. The zero-order valence-corrected chi connectivity index (χ0v) is 11.1. The first-order valence-electron chi connectivity index (χ1n) is 6.12. The van der Waals surface area contributed by atoms with E-state index in [1.165, 1.54) is 19.3 Å². The van der Waals surface area contributed by atoms with E-state index in [0.29, 0.717) is 23.0 Å². The van der Waals surface area contributed by atoms with Crippen molar-refractivity contribution in [2.75, 3.05) is 11.5 Å². The van der Waals surface area contributed by atoms with Gasteiger partial charge in [-0.1, -0.05) is 19.3 Å². The van der Waals surface area contributed by atoms with E-state index in [4.69, 9.17) is 11.5 Å². The first-order valence-corrected chi connectivity index (χ1v) is 6.12. The maximum atomic E-state index is 12.0. The van der Waals surface area contributed by atoms with Crippen molar-refractivity contribution < 1.29 is 4.79 Å². The molecule has 0 heterocycles. The fourth-order valence-corrected chi connectivity index (χ4v) is 2.23. The second-order valence-corrected chi connectivity index (χ2v) is 4.65. The molecule has 1 aromatic rings. The molecule has 0 bridgehead atoms. The third kappa shape index (κ3) is 3.53. The third-order valence-electron chi connectivity index (χ3n) is 3.29. The van der Waals surface area contributed by atoms with E-state index in [1.54, 1.807) is 18.2 Å². The average Bonchev–Trinajstić information content (AvgIpc) is 2.34. The van der Waals surface area contributed by atoms with E-state index in [1.807, 2.05) is 0 Å². The van der Waals surface area contributed by atoms with Gasteiger partial charge in [-0.15, -0.1) is 12.4 Å². The van der Waals surface area contributed by atoms with E-state index >= 15 is 0 Å². The van der Waals surface area contributed by atoms with Crippen LogP contribution in [0.15, 0.2) is 18.2 Å². The van der Waals surface area contributed by atoms with Gasteiger partial charge in [0.05, 0.1) is 11.4 Å². The van der Waals surface area contributed by atoms with Crippen LogP contribution in [0.2, 0.25) is 0 Å². The summed E-state index contributed by atoms with van der Waals surface area (Å²) in [5.41, 5.74) is 12.9. The van der Waals surface area contributed by atoms with Crippen molar-refractivity contribution in [3.8, 4) is 0 Å². The molecule has 0 saturated heterocycles. The smallest absolute Gasteiger partial charge is 0.251 e. The van der Waals surface area contributed by atoms with Crippen molar-refractivity contribution in [2.45, 2.75) is 38.1 Å². The van der Waals surface area contributed by atoms with Crippen LogP contribution in [0.25, 0.3) is 0 Å². The molecule has 18 heavy (non-hydrogen) atoms. The fourth-order valence-electron chi connectivity index (χ4n) is 2.23. The molecule has 100 valence electrons. The van der Waals surface area contributed by atoms with E-state index in [9.17, 15) is 4.79 Å². The van der Waals surface area contributed by atoms with Gasteiger partial charge in [0.1, 0.15) is 0 Å². The highest BCUT2D eigenvalue weighted by Gasteiger charge is 2.16. The molecule has 0 aliphatic heterocycles. The molecule has 4 nitrogen and oxygen atoms in total. The lowest BCUT2D eigenvalue weighted by Crippen LogP contribution is -2.36. The molecule has 2 rings (SSSR count). The van der Waals surface area contributed by atoms with Gasteiger partial charge in [0, 0.05) is 11.6 Å². The van der Waals surface area contributed by atoms with Crippen molar-refractivity contribution in [2.24, 2.45) is 0 Å². The number of carbonyl (C=O) groups excluding carboxylic acids is 1. The van der Waals surface area contributed by atoms with Gasteiger partial charge in [-0.05, 0) is 31.0 Å². The van der Waals surface area contributed by atoms with Crippen LogP contribution in [-0.2, 0) is 0 Å². The number of hydrogen-bond acceptors (Lipinski definition) is 3. The monoisotopic (exact) mass is 269 g/mol. The molecule has 1 fully saturated rings. The van der Waals surface area contributed by atoms with E-state index < -0.39 is 0 Å². The molecule has 0 aromatic heterocycles. The Morgan fingerprint density at radius 1 is 1.11 bits per heavy atom.